The van der Waals surface area contributed by atoms with Crippen LogP contribution in [0.3, 0.4) is 0 Å². The molecule has 0 fully saturated rings. The van der Waals surface area contributed by atoms with Crippen LogP contribution in [0.5, 0.6) is 0 Å². The summed E-state index contributed by atoms with van der Waals surface area (Å²) >= 11 is 0. The molecule has 0 bridgehead atoms. The summed E-state index contributed by atoms with van der Waals surface area (Å²) in [6.07, 6.45) is -3.82. The van der Waals surface area contributed by atoms with E-state index in [0.29, 0.717) is 5.69 Å². The number of nitrogens with zero attached hydrogens (tertiary/aromatic N) is 2. The van der Waals surface area contributed by atoms with Crippen LogP contribution in [0.15, 0.2) is 42.1 Å². The Morgan fingerprint density at radius 3 is 2.45 bits per heavy atom. The van der Waals surface area contributed by atoms with Crippen LogP contribution in [0.2, 0.25) is 0 Å². The molecule has 1 heterocycles. The SMILES string of the molecule is CN1C=C(C(=O)Nc2ccccc2)C(C(F)(F)F)N1O. The average Bonchev–Trinajstić information content (AvgIpc) is 2.67. The van der Waals surface area contributed by atoms with E-state index in [1.54, 1.807) is 30.3 Å². The molecule has 0 aromatic heterocycles. The predicted octanol–water partition coefficient (Wildman–Crippen LogP) is 1.99. The lowest BCUT2D eigenvalue weighted by molar-refractivity contribution is -0.292. The molecule has 1 aromatic rings. The smallest absolute Gasteiger partial charge is 0.322 e. The van der Waals surface area contributed by atoms with Crippen molar-refractivity contribution in [2.75, 3.05) is 12.4 Å². The molecule has 1 unspecified atom stereocenters. The van der Waals surface area contributed by atoms with Gasteiger partial charge in [-0.1, -0.05) is 23.4 Å². The molecule has 5 nitrogen and oxygen atoms in total. The Morgan fingerprint density at radius 1 is 1.30 bits per heavy atom. The first-order chi connectivity index (χ1) is 9.30. The van der Waals surface area contributed by atoms with Crippen molar-refractivity contribution in [2.45, 2.75) is 12.2 Å². The lowest BCUT2D eigenvalue weighted by atomic mass is 10.1. The summed E-state index contributed by atoms with van der Waals surface area (Å²) in [5, 5.41) is 12.5. The molecule has 1 aliphatic heterocycles. The second-order valence-electron chi connectivity index (χ2n) is 4.24. The van der Waals surface area contributed by atoms with Crippen molar-refractivity contribution < 1.29 is 23.2 Å². The molecule has 20 heavy (non-hydrogen) atoms. The summed E-state index contributed by atoms with van der Waals surface area (Å²) in [5.74, 6) is -0.915. The van der Waals surface area contributed by atoms with E-state index in [0.717, 1.165) is 11.2 Å². The number of benzene rings is 1. The molecule has 8 heteroatoms. The molecule has 1 aromatic carbocycles. The zero-order chi connectivity index (χ0) is 14.9. The van der Waals surface area contributed by atoms with Crippen molar-refractivity contribution >= 4 is 11.6 Å². The van der Waals surface area contributed by atoms with Gasteiger partial charge in [-0.05, 0) is 12.1 Å². The van der Waals surface area contributed by atoms with Crippen LogP contribution in [0.1, 0.15) is 0 Å². The number of alkyl halides is 3. The van der Waals surface area contributed by atoms with Gasteiger partial charge in [-0.2, -0.15) is 13.2 Å². The molecule has 0 saturated carbocycles. The minimum atomic E-state index is -4.76. The summed E-state index contributed by atoms with van der Waals surface area (Å²) < 4.78 is 38.7. The molecule has 0 spiro atoms. The first-order valence-electron chi connectivity index (χ1n) is 5.66. The Morgan fingerprint density at radius 2 is 1.90 bits per heavy atom. The second kappa shape index (κ2) is 5.14. The van der Waals surface area contributed by atoms with E-state index < -0.39 is 23.7 Å². The van der Waals surface area contributed by atoms with E-state index in [2.05, 4.69) is 5.32 Å². The van der Waals surface area contributed by atoms with Gasteiger partial charge in [-0.15, -0.1) is 0 Å². The third kappa shape index (κ3) is 2.75. The fourth-order valence-corrected chi connectivity index (χ4v) is 1.85. The molecule has 0 aliphatic carbocycles. The van der Waals surface area contributed by atoms with Crippen LogP contribution in [0.25, 0.3) is 0 Å². The topological polar surface area (TPSA) is 55.8 Å². The normalized spacial score (nSPS) is 19.9. The molecule has 1 atom stereocenters. The third-order valence-electron chi connectivity index (χ3n) is 2.78. The number of nitrogens with one attached hydrogen (secondary N) is 1. The van der Waals surface area contributed by atoms with E-state index in [1.807, 2.05) is 0 Å². The molecule has 0 saturated heterocycles. The van der Waals surface area contributed by atoms with Gasteiger partial charge >= 0.3 is 6.18 Å². The van der Waals surface area contributed by atoms with Gasteiger partial charge in [0, 0.05) is 18.9 Å². The Bertz CT molecular complexity index is 530. The van der Waals surface area contributed by atoms with Crippen molar-refractivity contribution in [2.24, 2.45) is 0 Å². The maximum absolute atomic E-state index is 12.9. The predicted molar refractivity (Wildman–Crippen MR) is 64.4 cm³/mol. The summed E-state index contributed by atoms with van der Waals surface area (Å²) in [5.41, 5.74) is -0.204. The van der Waals surface area contributed by atoms with Crippen molar-refractivity contribution in [3.8, 4) is 0 Å². The number of halogens is 3. The number of para-hydroxylation sites is 1. The highest BCUT2D eigenvalue weighted by molar-refractivity contribution is 6.04. The van der Waals surface area contributed by atoms with Crippen LogP contribution in [0.4, 0.5) is 18.9 Å². The summed E-state index contributed by atoms with van der Waals surface area (Å²) in [4.78, 5) is 11.9. The van der Waals surface area contributed by atoms with Crippen molar-refractivity contribution in [3.05, 3.63) is 42.1 Å². The highest BCUT2D eigenvalue weighted by Gasteiger charge is 2.52. The van der Waals surface area contributed by atoms with Crippen LogP contribution in [0, 0.1) is 0 Å². The minimum absolute atomic E-state index is 0.0279. The molecule has 2 N–H and O–H groups in total. The molecular weight excluding hydrogens is 275 g/mol. The third-order valence-corrected chi connectivity index (χ3v) is 2.78. The second-order valence-corrected chi connectivity index (χ2v) is 4.24. The number of hydrogen-bond acceptors (Lipinski definition) is 4. The largest absolute Gasteiger partial charge is 0.412 e. The van der Waals surface area contributed by atoms with E-state index in [4.69, 9.17) is 0 Å². The summed E-state index contributed by atoms with van der Waals surface area (Å²) in [7, 11) is 1.21. The number of amides is 1. The monoisotopic (exact) mass is 287 g/mol. The van der Waals surface area contributed by atoms with Crippen LogP contribution >= 0.6 is 0 Å². The number of carbonyl (C=O) groups is 1. The summed E-state index contributed by atoms with van der Waals surface area (Å²) in [6.45, 7) is 0. The van der Waals surface area contributed by atoms with Crippen LogP contribution in [-0.4, -0.2) is 40.6 Å². The van der Waals surface area contributed by atoms with Gasteiger partial charge < -0.3 is 5.32 Å². The minimum Gasteiger partial charge on any atom is -0.322 e. The number of carbonyl (C=O) groups excluding carboxylic acids is 1. The van der Waals surface area contributed by atoms with Gasteiger partial charge in [0.25, 0.3) is 5.91 Å². The standard InChI is InChI=1S/C12H12F3N3O2/c1-17-7-9(10(18(17)20)12(13,14)15)11(19)16-8-5-3-2-4-6-8/h2-7,10,20H,1H3,(H,16,19). The Kier molecular flexibility index (Phi) is 3.69. The molecule has 1 aliphatic rings. The molecule has 108 valence electrons. The quantitative estimate of drug-likeness (QED) is 0.873. The maximum Gasteiger partial charge on any atom is 0.412 e. The molecular formula is C12H12F3N3O2. The van der Waals surface area contributed by atoms with Crippen molar-refractivity contribution in [3.63, 3.8) is 0 Å². The number of rotatable bonds is 2. The summed E-state index contributed by atoms with van der Waals surface area (Å²) in [6, 6.07) is 5.73. The highest BCUT2D eigenvalue weighted by atomic mass is 19.4. The van der Waals surface area contributed by atoms with E-state index in [1.165, 1.54) is 7.05 Å². The van der Waals surface area contributed by atoms with Crippen LogP contribution < -0.4 is 5.32 Å². The van der Waals surface area contributed by atoms with E-state index in [9.17, 15) is 23.2 Å². The van der Waals surface area contributed by atoms with Gasteiger partial charge in [-0.3, -0.25) is 15.0 Å². The van der Waals surface area contributed by atoms with Gasteiger partial charge in [-0.25, -0.2) is 0 Å². The van der Waals surface area contributed by atoms with Crippen molar-refractivity contribution in [1.29, 1.82) is 0 Å². The van der Waals surface area contributed by atoms with Gasteiger partial charge in [0.15, 0.2) is 6.04 Å². The zero-order valence-electron chi connectivity index (χ0n) is 10.4. The Balaban J connectivity index is 2.22. The Hall–Kier alpha value is -2.06. The van der Waals surface area contributed by atoms with E-state index >= 15 is 0 Å². The first-order valence-corrected chi connectivity index (χ1v) is 5.66. The fraction of sp³-hybridized carbons (Fsp3) is 0.250. The maximum atomic E-state index is 12.9. The molecule has 2 rings (SSSR count). The lowest BCUT2D eigenvalue weighted by Crippen LogP contribution is -2.47. The van der Waals surface area contributed by atoms with Gasteiger partial charge in [0.2, 0.25) is 0 Å². The van der Waals surface area contributed by atoms with Crippen molar-refractivity contribution in [1.82, 2.24) is 10.2 Å². The number of hydrazine groups is 1. The molecule has 0 radical (unpaired) electrons. The number of anilines is 1. The average molecular weight is 287 g/mol. The first kappa shape index (κ1) is 14.4. The van der Waals surface area contributed by atoms with E-state index in [-0.39, 0.29) is 5.17 Å². The van der Waals surface area contributed by atoms with Crippen LogP contribution in [-0.2, 0) is 4.79 Å². The number of hydrogen-bond donors (Lipinski definition) is 2. The Labute approximate surface area is 112 Å². The van der Waals surface area contributed by atoms with Gasteiger partial charge in [0.05, 0.1) is 5.57 Å². The fourth-order valence-electron chi connectivity index (χ4n) is 1.85. The number of hydroxylamine groups is 1. The highest BCUT2D eigenvalue weighted by Crippen LogP contribution is 2.34. The zero-order valence-corrected chi connectivity index (χ0v) is 10.4. The van der Waals surface area contributed by atoms with Gasteiger partial charge in [0.1, 0.15) is 0 Å². The molecule has 1 amide bonds. The lowest BCUT2D eigenvalue weighted by Gasteiger charge is -2.26.